The van der Waals surface area contributed by atoms with Gasteiger partial charge in [-0.1, -0.05) is 13.8 Å². The molecule has 5 heteroatoms. The van der Waals surface area contributed by atoms with E-state index in [1.165, 1.54) is 4.90 Å². The lowest BCUT2D eigenvalue weighted by Gasteiger charge is -2.33. The topological polar surface area (TPSA) is 62.3 Å². The average Bonchev–Trinajstić information content (AvgIpc) is 2.32. The third-order valence-corrected chi connectivity index (χ3v) is 3.08. The third kappa shape index (κ3) is 3.10. The van der Waals surface area contributed by atoms with Crippen LogP contribution in [0.4, 0.5) is 5.69 Å². The van der Waals surface area contributed by atoms with E-state index in [0.29, 0.717) is 18.0 Å². The lowest BCUT2D eigenvalue weighted by atomic mass is 10.0. The molecule has 102 valence electrons. The van der Waals surface area contributed by atoms with Gasteiger partial charge in [-0.05, 0) is 30.9 Å². The van der Waals surface area contributed by atoms with Crippen molar-refractivity contribution in [3.8, 4) is 0 Å². The zero-order valence-corrected chi connectivity index (χ0v) is 11.5. The summed E-state index contributed by atoms with van der Waals surface area (Å²) in [7, 11) is 0. The van der Waals surface area contributed by atoms with Gasteiger partial charge in [-0.3, -0.25) is 19.5 Å². The van der Waals surface area contributed by atoms with Crippen molar-refractivity contribution in [2.24, 2.45) is 5.92 Å². The number of aryl methyl sites for hydroxylation is 1. The molecule has 2 amide bonds. The molecule has 0 saturated carbocycles. The molecule has 0 aromatic carbocycles. The Hall–Kier alpha value is -1.91. The van der Waals surface area contributed by atoms with Gasteiger partial charge in [-0.2, -0.15) is 0 Å². The smallest absolute Gasteiger partial charge is 0.250 e. The second-order valence-corrected chi connectivity index (χ2v) is 5.39. The standard InChI is InChI=1S/C14H19N3O2/c1-9(2)4-12-14(19)17(8-13(18)16-12)11-5-10(3)6-15-7-11/h5-7,9,12H,4,8H2,1-3H3,(H,16,18). The highest BCUT2D eigenvalue weighted by Crippen LogP contribution is 2.19. The minimum Gasteiger partial charge on any atom is -0.343 e. The molecule has 0 radical (unpaired) electrons. The predicted molar refractivity (Wildman–Crippen MR) is 72.7 cm³/mol. The van der Waals surface area contributed by atoms with Gasteiger partial charge in [0.15, 0.2) is 0 Å². The quantitative estimate of drug-likeness (QED) is 0.891. The summed E-state index contributed by atoms with van der Waals surface area (Å²) >= 11 is 0. The highest BCUT2D eigenvalue weighted by molar-refractivity contribution is 6.06. The van der Waals surface area contributed by atoms with E-state index in [4.69, 9.17) is 0 Å². The second kappa shape index (κ2) is 5.38. The van der Waals surface area contributed by atoms with E-state index in [9.17, 15) is 9.59 Å². The molecule has 1 N–H and O–H groups in total. The fourth-order valence-electron chi connectivity index (χ4n) is 2.25. The van der Waals surface area contributed by atoms with Crippen molar-refractivity contribution in [2.45, 2.75) is 33.2 Å². The average molecular weight is 261 g/mol. The second-order valence-electron chi connectivity index (χ2n) is 5.39. The fourth-order valence-corrected chi connectivity index (χ4v) is 2.25. The summed E-state index contributed by atoms with van der Waals surface area (Å²) in [5, 5.41) is 2.76. The molecule has 1 aromatic rings. The monoisotopic (exact) mass is 261 g/mol. The van der Waals surface area contributed by atoms with Gasteiger partial charge < -0.3 is 5.32 Å². The zero-order chi connectivity index (χ0) is 14.0. The molecule has 1 unspecified atom stereocenters. The van der Waals surface area contributed by atoms with Crippen LogP contribution >= 0.6 is 0 Å². The SMILES string of the molecule is Cc1cncc(N2CC(=O)NC(CC(C)C)C2=O)c1. The van der Waals surface area contributed by atoms with E-state index in [0.717, 1.165) is 5.56 Å². The minimum absolute atomic E-state index is 0.0549. The molecule has 1 aliphatic heterocycles. The van der Waals surface area contributed by atoms with E-state index in [-0.39, 0.29) is 18.4 Å². The molecular formula is C14H19N3O2. The number of carbonyl (C=O) groups excluding carboxylic acids is 2. The lowest BCUT2D eigenvalue weighted by molar-refractivity contribution is -0.131. The summed E-state index contributed by atoms with van der Waals surface area (Å²) < 4.78 is 0. The molecule has 2 rings (SSSR count). The van der Waals surface area contributed by atoms with Gasteiger partial charge in [-0.15, -0.1) is 0 Å². The van der Waals surface area contributed by atoms with Crippen molar-refractivity contribution in [1.29, 1.82) is 0 Å². The van der Waals surface area contributed by atoms with Crippen molar-refractivity contribution in [1.82, 2.24) is 10.3 Å². The summed E-state index contributed by atoms with van der Waals surface area (Å²) in [6.45, 7) is 6.05. The largest absolute Gasteiger partial charge is 0.343 e. The van der Waals surface area contributed by atoms with E-state index in [1.54, 1.807) is 12.4 Å². The molecule has 19 heavy (non-hydrogen) atoms. The summed E-state index contributed by atoms with van der Waals surface area (Å²) in [6.07, 6.45) is 4.00. The first kappa shape index (κ1) is 13.5. The first-order valence-corrected chi connectivity index (χ1v) is 6.49. The van der Waals surface area contributed by atoms with Gasteiger partial charge in [-0.25, -0.2) is 0 Å². The molecule has 0 bridgehead atoms. The first-order valence-electron chi connectivity index (χ1n) is 6.49. The number of amides is 2. The normalized spacial score (nSPS) is 19.8. The Kier molecular flexibility index (Phi) is 3.83. The summed E-state index contributed by atoms with van der Waals surface area (Å²) in [5.74, 6) is 0.178. The Morgan fingerprint density at radius 1 is 1.42 bits per heavy atom. The summed E-state index contributed by atoms with van der Waals surface area (Å²) in [5.41, 5.74) is 1.66. The van der Waals surface area contributed by atoms with Crippen molar-refractivity contribution in [2.75, 3.05) is 11.4 Å². The van der Waals surface area contributed by atoms with Crippen LogP contribution in [0.25, 0.3) is 0 Å². The molecule has 5 nitrogen and oxygen atoms in total. The van der Waals surface area contributed by atoms with Crippen molar-refractivity contribution >= 4 is 17.5 Å². The van der Waals surface area contributed by atoms with Crippen LogP contribution in [-0.2, 0) is 9.59 Å². The highest BCUT2D eigenvalue weighted by Gasteiger charge is 2.33. The van der Waals surface area contributed by atoms with E-state index in [1.807, 2.05) is 26.8 Å². The molecule has 0 spiro atoms. The number of anilines is 1. The van der Waals surface area contributed by atoms with E-state index in [2.05, 4.69) is 10.3 Å². The number of piperazine rings is 1. The van der Waals surface area contributed by atoms with E-state index >= 15 is 0 Å². The van der Waals surface area contributed by atoms with Crippen molar-refractivity contribution < 1.29 is 9.59 Å². The summed E-state index contributed by atoms with van der Waals surface area (Å²) in [4.78, 5) is 29.7. The van der Waals surface area contributed by atoms with Crippen LogP contribution < -0.4 is 10.2 Å². The molecule has 2 heterocycles. The molecular weight excluding hydrogens is 242 g/mol. The van der Waals surface area contributed by atoms with Crippen LogP contribution in [0.3, 0.4) is 0 Å². The van der Waals surface area contributed by atoms with Crippen LogP contribution in [0, 0.1) is 12.8 Å². The first-order chi connectivity index (χ1) is 8.97. The molecule has 0 aliphatic carbocycles. The van der Waals surface area contributed by atoms with Crippen LogP contribution in [0.15, 0.2) is 18.5 Å². The van der Waals surface area contributed by atoms with Crippen LogP contribution in [0.2, 0.25) is 0 Å². The number of aromatic nitrogens is 1. The lowest BCUT2D eigenvalue weighted by Crippen LogP contribution is -2.58. The number of hydrogen-bond donors (Lipinski definition) is 1. The van der Waals surface area contributed by atoms with Crippen molar-refractivity contribution in [3.05, 3.63) is 24.0 Å². The number of pyridine rings is 1. The molecule has 1 fully saturated rings. The minimum atomic E-state index is -0.429. The van der Waals surface area contributed by atoms with Gasteiger partial charge in [0.05, 0.1) is 11.9 Å². The maximum absolute atomic E-state index is 12.4. The van der Waals surface area contributed by atoms with E-state index < -0.39 is 6.04 Å². The number of nitrogens with one attached hydrogen (secondary N) is 1. The molecule has 1 aliphatic rings. The van der Waals surface area contributed by atoms with Crippen molar-refractivity contribution in [3.63, 3.8) is 0 Å². The van der Waals surface area contributed by atoms with Gasteiger partial charge in [0.25, 0.3) is 0 Å². The Morgan fingerprint density at radius 2 is 2.16 bits per heavy atom. The molecule has 1 saturated heterocycles. The third-order valence-electron chi connectivity index (χ3n) is 3.08. The highest BCUT2D eigenvalue weighted by atomic mass is 16.2. The Labute approximate surface area is 113 Å². The Balaban J connectivity index is 2.24. The van der Waals surface area contributed by atoms with Gasteiger partial charge in [0, 0.05) is 6.20 Å². The Bertz CT molecular complexity index is 499. The van der Waals surface area contributed by atoms with Crippen LogP contribution in [-0.4, -0.2) is 29.4 Å². The number of nitrogens with zero attached hydrogens (tertiary/aromatic N) is 2. The summed E-state index contributed by atoms with van der Waals surface area (Å²) in [6, 6.07) is 1.44. The van der Waals surface area contributed by atoms with Gasteiger partial charge in [0.2, 0.25) is 11.8 Å². The number of carbonyl (C=O) groups is 2. The number of hydrogen-bond acceptors (Lipinski definition) is 3. The Morgan fingerprint density at radius 3 is 2.79 bits per heavy atom. The fraction of sp³-hybridized carbons (Fsp3) is 0.500. The predicted octanol–water partition coefficient (Wildman–Crippen LogP) is 1.27. The number of rotatable bonds is 3. The van der Waals surface area contributed by atoms with Crippen LogP contribution in [0.5, 0.6) is 0 Å². The molecule has 1 aromatic heterocycles. The maximum atomic E-state index is 12.4. The maximum Gasteiger partial charge on any atom is 0.250 e. The van der Waals surface area contributed by atoms with Gasteiger partial charge >= 0.3 is 0 Å². The van der Waals surface area contributed by atoms with Crippen LogP contribution in [0.1, 0.15) is 25.8 Å². The molecule has 1 atom stereocenters. The zero-order valence-electron chi connectivity index (χ0n) is 11.5. The van der Waals surface area contributed by atoms with Gasteiger partial charge in [0.1, 0.15) is 12.6 Å².